The van der Waals surface area contributed by atoms with Crippen molar-refractivity contribution in [3.8, 4) is 0 Å². The summed E-state index contributed by atoms with van der Waals surface area (Å²) in [6.45, 7) is 0.702. The van der Waals surface area contributed by atoms with Crippen molar-refractivity contribution in [2.24, 2.45) is 21.1 Å². The first kappa shape index (κ1) is 18.5. The van der Waals surface area contributed by atoms with Crippen LogP contribution in [0.2, 0.25) is 0 Å². The molecule has 9 heteroatoms. The van der Waals surface area contributed by atoms with Crippen LogP contribution in [0.15, 0.2) is 39.0 Å². The second-order valence-corrected chi connectivity index (χ2v) is 7.84. The highest BCUT2D eigenvalue weighted by atomic mass is 32.2. The molecule has 0 fully saturated rings. The van der Waals surface area contributed by atoms with Crippen molar-refractivity contribution >= 4 is 34.5 Å². The van der Waals surface area contributed by atoms with Crippen molar-refractivity contribution in [3.05, 3.63) is 50.7 Å². The first-order valence-electron chi connectivity index (χ1n) is 9.03. The number of hydrogen-bond donors (Lipinski definition) is 0. The molecule has 8 nitrogen and oxygen atoms in total. The number of aromatic nitrogens is 4. The lowest BCUT2D eigenvalue weighted by Gasteiger charge is -2.29. The number of rotatable bonds is 3. The van der Waals surface area contributed by atoms with E-state index in [1.54, 1.807) is 18.7 Å². The van der Waals surface area contributed by atoms with Crippen molar-refractivity contribution < 1.29 is 4.79 Å². The first-order valence-corrected chi connectivity index (χ1v) is 10.0. The van der Waals surface area contributed by atoms with Crippen LogP contribution in [-0.4, -0.2) is 36.9 Å². The molecule has 0 N–H and O–H groups in total. The maximum atomic E-state index is 12.8. The number of imidazole rings is 1. The van der Waals surface area contributed by atoms with Gasteiger partial charge < -0.3 is 9.47 Å². The summed E-state index contributed by atoms with van der Waals surface area (Å²) in [6.07, 6.45) is 1.92. The van der Waals surface area contributed by atoms with E-state index in [1.165, 1.54) is 28.9 Å². The van der Waals surface area contributed by atoms with Crippen LogP contribution in [-0.2, 0) is 32.4 Å². The van der Waals surface area contributed by atoms with Gasteiger partial charge in [-0.05, 0) is 24.5 Å². The summed E-state index contributed by atoms with van der Waals surface area (Å²) in [5.41, 5.74) is 2.00. The van der Waals surface area contributed by atoms with Crippen LogP contribution in [0.25, 0.3) is 11.2 Å². The highest BCUT2D eigenvalue weighted by Crippen LogP contribution is 2.28. The van der Waals surface area contributed by atoms with Gasteiger partial charge >= 0.3 is 5.69 Å². The van der Waals surface area contributed by atoms with Gasteiger partial charge in [-0.25, -0.2) is 9.78 Å². The fourth-order valence-corrected chi connectivity index (χ4v) is 4.53. The molecule has 1 amide bonds. The van der Waals surface area contributed by atoms with E-state index >= 15 is 0 Å². The molecule has 0 saturated carbocycles. The number of hydrogen-bond acceptors (Lipinski definition) is 5. The minimum Gasteiger partial charge on any atom is -0.311 e. The van der Waals surface area contributed by atoms with Gasteiger partial charge in [0.25, 0.3) is 5.56 Å². The summed E-state index contributed by atoms with van der Waals surface area (Å²) < 4.78 is 4.14. The molecule has 0 spiro atoms. The lowest BCUT2D eigenvalue weighted by Crippen LogP contribution is -2.37. The van der Waals surface area contributed by atoms with Crippen LogP contribution in [0, 0.1) is 0 Å². The van der Waals surface area contributed by atoms with E-state index in [2.05, 4.69) is 11.1 Å². The molecule has 0 saturated heterocycles. The zero-order chi connectivity index (χ0) is 20.0. The molecule has 0 bridgehead atoms. The Morgan fingerprint density at radius 3 is 2.64 bits per heavy atom. The lowest BCUT2D eigenvalue weighted by molar-refractivity contribution is -0.116. The van der Waals surface area contributed by atoms with Crippen molar-refractivity contribution in [1.82, 2.24) is 18.7 Å². The zero-order valence-electron chi connectivity index (χ0n) is 16.0. The van der Waals surface area contributed by atoms with E-state index in [-0.39, 0.29) is 17.2 Å². The minimum atomic E-state index is -0.433. The minimum absolute atomic E-state index is 0.00555. The average Bonchev–Trinajstić information content (AvgIpc) is 3.05. The Morgan fingerprint density at radius 1 is 1.11 bits per heavy atom. The molecule has 0 radical (unpaired) electrons. The lowest BCUT2D eigenvalue weighted by atomic mass is 10.0. The van der Waals surface area contributed by atoms with Crippen molar-refractivity contribution in [2.45, 2.75) is 18.0 Å². The van der Waals surface area contributed by atoms with E-state index in [0.29, 0.717) is 17.3 Å². The Kier molecular flexibility index (Phi) is 4.62. The molecule has 3 heterocycles. The molecule has 1 aliphatic rings. The topological polar surface area (TPSA) is 82.1 Å². The van der Waals surface area contributed by atoms with E-state index in [4.69, 9.17) is 0 Å². The number of amides is 1. The first-order chi connectivity index (χ1) is 13.4. The molecule has 1 aromatic carbocycles. The van der Waals surface area contributed by atoms with Crippen molar-refractivity contribution in [2.75, 3.05) is 17.2 Å². The Balaban J connectivity index is 1.62. The highest BCUT2D eigenvalue weighted by molar-refractivity contribution is 7.99. The van der Waals surface area contributed by atoms with Crippen LogP contribution < -0.4 is 16.1 Å². The van der Waals surface area contributed by atoms with Crippen LogP contribution in [0.5, 0.6) is 0 Å². The molecule has 0 unspecified atom stereocenters. The Morgan fingerprint density at radius 2 is 1.86 bits per heavy atom. The summed E-state index contributed by atoms with van der Waals surface area (Å²) in [6, 6.07) is 7.97. The number of fused-ring (bicyclic) bond motifs is 2. The number of carbonyl (C=O) groups is 1. The monoisotopic (exact) mass is 399 g/mol. The van der Waals surface area contributed by atoms with Gasteiger partial charge in [-0.15, -0.1) is 0 Å². The quantitative estimate of drug-likeness (QED) is 0.615. The summed E-state index contributed by atoms with van der Waals surface area (Å²) in [5.74, 6) is 0.214. The standard InChI is InChI=1S/C19H21N5O3S/c1-21-16-15(17(26)23(3)19(27)22(16)2)20-18(21)28-11-14(25)24-10-6-8-12-7-4-5-9-13(12)24/h4-5,7,9H,6,8,10-11H2,1-3H3. The van der Waals surface area contributed by atoms with Gasteiger partial charge in [0, 0.05) is 33.4 Å². The Bertz CT molecular complexity index is 1210. The number of thioether (sulfide) groups is 1. The molecule has 1 aliphatic heterocycles. The second-order valence-electron chi connectivity index (χ2n) is 6.90. The largest absolute Gasteiger partial charge is 0.332 e. The third-order valence-corrected chi connectivity index (χ3v) is 6.17. The van der Waals surface area contributed by atoms with E-state index in [9.17, 15) is 14.4 Å². The van der Waals surface area contributed by atoms with Gasteiger partial charge in [0.05, 0.1) is 5.75 Å². The smallest absolute Gasteiger partial charge is 0.311 e. The normalized spacial score (nSPS) is 13.8. The molecule has 0 aliphatic carbocycles. The Labute approximate surface area is 165 Å². The predicted octanol–water partition coefficient (Wildman–Crippen LogP) is 1.04. The zero-order valence-corrected chi connectivity index (χ0v) is 16.8. The average molecular weight is 399 g/mol. The molecule has 2 aromatic heterocycles. The fourth-order valence-electron chi connectivity index (χ4n) is 3.68. The number of aryl methyl sites for hydroxylation is 3. The van der Waals surface area contributed by atoms with Crippen molar-refractivity contribution in [3.63, 3.8) is 0 Å². The summed E-state index contributed by atoms with van der Waals surface area (Å²) in [4.78, 5) is 43.6. The molecule has 4 rings (SSSR count). The van der Waals surface area contributed by atoms with Crippen molar-refractivity contribution in [1.29, 1.82) is 0 Å². The maximum Gasteiger partial charge on any atom is 0.332 e. The number of para-hydroxylation sites is 1. The van der Waals surface area contributed by atoms with Gasteiger partial charge in [-0.3, -0.25) is 18.7 Å². The second kappa shape index (κ2) is 6.97. The van der Waals surface area contributed by atoms with Crippen LogP contribution >= 0.6 is 11.8 Å². The number of anilines is 1. The van der Waals surface area contributed by atoms with Gasteiger partial charge in [0.2, 0.25) is 5.91 Å². The van der Waals surface area contributed by atoms with Gasteiger partial charge in [0.1, 0.15) is 0 Å². The van der Waals surface area contributed by atoms with E-state index < -0.39 is 11.2 Å². The third-order valence-electron chi connectivity index (χ3n) is 5.16. The Hall–Kier alpha value is -2.81. The third kappa shape index (κ3) is 2.86. The number of carbonyl (C=O) groups excluding carboxylic acids is 1. The molecular formula is C19H21N5O3S. The van der Waals surface area contributed by atoms with Gasteiger partial charge in [0.15, 0.2) is 16.3 Å². The SMILES string of the molecule is Cn1c(=O)c2nc(SCC(=O)N3CCCc4ccccc43)n(C)c2n(C)c1=O. The molecule has 28 heavy (non-hydrogen) atoms. The van der Waals surface area contributed by atoms with Crippen LogP contribution in [0.4, 0.5) is 5.69 Å². The molecule has 146 valence electrons. The van der Waals surface area contributed by atoms with Gasteiger partial charge in [-0.1, -0.05) is 30.0 Å². The summed E-state index contributed by atoms with van der Waals surface area (Å²) in [7, 11) is 4.79. The van der Waals surface area contributed by atoms with Crippen LogP contribution in [0.3, 0.4) is 0 Å². The number of nitrogens with zero attached hydrogens (tertiary/aromatic N) is 5. The summed E-state index contributed by atoms with van der Waals surface area (Å²) >= 11 is 1.28. The molecular weight excluding hydrogens is 378 g/mol. The summed E-state index contributed by atoms with van der Waals surface area (Å²) in [5, 5.41) is 0.534. The maximum absolute atomic E-state index is 12.8. The highest BCUT2D eigenvalue weighted by Gasteiger charge is 2.23. The fraction of sp³-hybridized carbons (Fsp3) is 0.368. The predicted molar refractivity (Wildman–Crippen MR) is 109 cm³/mol. The number of benzene rings is 1. The van der Waals surface area contributed by atoms with Gasteiger partial charge in [-0.2, -0.15) is 0 Å². The van der Waals surface area contributed by atoms with Crippen LogP contribution in [0.1, 0.15) is 12.0 Å². The molecule has 0 atom stereocenters. The molecule has 3 aromatic rings. The van der Waals surface area contributed by atoms with E-state index in [0.717, 1.165) is 23.1 Å². The van der Waals surface area contributed by atoms with E-state index in [1.807, 2.05) is 23.1 Å².